The fourth-order valence-corrected chi connectivity index (χ4v) is 3.03. The van der Waals surface area contributed by atoms with Gasteiger partial charge in [0.1, 0.15) is 11.6 Å². The molecule has 0 bridgehead atoms. The number of allylic oxidation sites excluding steroid dienone is 2. The van der Waals surface area contributed by atoms with Crippen molar-refractivity contribution in [3.05, 3.63) is 57.9 Å². The summed E-state index contributed by atoms with van der Waals surface area (Å²) < 4.78 is 37.8. The first kappa shape index (κ1) is 19.6. The Balaban J connectivity index is 2.69. The van der Waals surface area contributed by atoms with Crippen molar-refractivity contribution >= 4 is 11.9 Å². The molecule has 0 saturated carbocycles. The van der Waals surface area contributed by atoms with Gasteiger partial charge in [-0.05, 0) is 45.4 Å². The Bertz CT molecular complexity index is 738. The average Bonchev–Trinajstić information content (AvgIpc) is 2.53. The highest BCUT2D eigenvalue weighted by Crippen LogP contribution is 2.39. The van der Waals surface area contributed by atoms with Gasteiger partial charge in [-0.3, -0.25) is 0 Å². The van der Waals surface area contributed by atoms with Crippen LogP contribution in [0.5, 0.6) is 0 Å². The first-order chi connectivity index (χ1) is 12.3. The summed E-state index contributed by atoms with van der Waals surface area (Å²) in [5.41, 5.74) is 1.26. The van der Waals surface area contributed by atoms with E-state index >= 15 is 0 Å². The molecule has 0 spiro atoms. The number of benzene rings is 1. The Kier molecular flexibility index (Phi) is 6.13. The highest BCUT2D eigenvalue weighted by Gasteiger charge is 2.38. The molecule has 0 saturated heterocycles. The Morgan fingerprint density at radius 1 is 0.923 bits per heavy atom. The van der Waals surface area contributed by atoms with Crippen molar-refractivity contribution in [2.45, 2.75) is 33.6 Å². The van der Waals surface area contributed by atoms with E-state index in [-0.39, 0.29) is 29.9 Å². The normalized spacial score (nSPS) is 15.0. The van der Waals surface area contributed by atoms with E-state index in [0.717, 1.165) is 18.2 Å². The van der Waals surface area contributed by atoms with E-state index in [1.165, 1.54) is 0 Å². The fourth-order valence-electron chi connectivity index (χ4n) is 3.03. The van der Waals surface area contributed by atoms with E-state index in [1.54, 1.807) is 27.7 Å². The van der Waals surface area contributed by atoms with Crippen LogP contribution in [0.4, 0.5) is 8.78 Å². The summed E-state index contributed by atoms with van der Waals surface area (Å²) in [6, 6.07) is 2.92. The van der Waals surface area contributed by atoms with Crippen LogP contribution in [0.3, 0.4) is 0 Å². The van der Waals surface area contributed by atoms with Crippen LogP contribution in [-0.4, -0.2) is 25.2 Å². The summed E-state index contributed by atoms with van der Waals surface area (Å²) >= 11 is 0. The number of hydrogen-bond donors (Lipinski definition) is 1. The van der Waals surface area contributed by atoms with Crippen molar-refractivity contribution in [2.75, 3.05) is 13.2 Å². The van der Waals surface area contributed by atoms with E-state index in [4.69, 9.17) is 9.47 Å². The van der Waals surface area contributed by atoms with Gasteiger partial charge in [-0.15, -0.1) is 0 Å². The molecule has 5 nitrogen and oxygen atoms in total. The van der Waals surface area contributed by atoms with Crippen molar-refractivity contribution in [1.82, 2.24) is 5.32 Å². The summed E-state index contributed by atoms with van der Waals surface area (Å²) in [5.74, 6) is -3.94. The molecule has 0 radical (unpaired) electrons. The van der Waals surface area contributed by atoms with E-state index in [1.807, 2.05) is 0 Å². The number of carbonyl (C=O) groups is 2. The van der Waals surface area contributed by atoms with Crippen LogP contribution in [-0.2, 0) is 19.1 Å². The minimum absolute atomic E-state index is 0.116. The van der Waals surface area contributed by atoms with E-state index in [9.17, 15) is 18.4 Å². The Hall–Kier alpha value is -2.70. The minimum Gasteiger partial charge on any atom is -0.463 e. The van der Waals surface area contributed by atoms with Gasteiger partial charge in [-0.1, -0.05) is 0 Å². The van der Waals surface area contributed by atoms with Crippen molar-refractivity contribution in [3.8, 4) is 0 Å². The smallest absolute Gasteiger partial charge is 0.336 e. The quantitative estimate of drug-likeness (QED) is 0.811. The Morgan fingerprint density at radius 2 is 1.35 bits per heavy atom. The maximum absolute atomic E-state index is 13.8. The molecular formula is C19H21F2NO4. The molecule has 26 heavy (non-hydrogen) atoms. The topological polar surface area (TPSA) is 64.6 Å². The van der Waals surface area contributed by atoms with Crippen molar-refractivity contribution < 1.29 is 27.8 Å². The van der Waals surface area contributed by atoms with Gasteiger partial charge < -0.3 is 14.8 Å². The minimum atomic E-state index is -1.00. The van der Waals surface area contributed by atoms with Crippen LogP contribution in [0.2, 0.25) is 0 Å². The zero-order valence-corrected chi connectivity index (χ0v) is 15.1. The molecular weight excluding hydrogens is 344 g/mol. The summed E-state index contributed by atoms with van der Waals surface area (Å²) in [5, 5.41) is 2.96. The van der Waals surface area contributed by atoms with Gasteiger partial charge in [-0.25, -0.2) is 18.4 Å². The monoisotopic (exact) mass is 365 g/mol. The molecule has 1 aliphatic rings. The number of carbonyl (C=O) groups excluding carboxylic acids is 2. The van der Waals surface area contributed by atoms with E-state index in [0.29, 0.717) is 11.4 Å². The number of ether oxygens (including phenoxy) is 2. The van der Waals surface area contributed by atoms with Crippen LogP contribution >= 0.6 is 0 Å². The second-order valence-electron chi connectivity index (χ2n) is 5.78. The molecule has 1 heterocycles. The average molecular weight is 365 g/mol. The molecule has 7 heteroatoms. The van der Waals surface area contributed by atoms with Gasteiger partial charge in [0.05, 0.1) is 30.3 Å². The van der Waals surface area contributed by atoms with Crippen LogP contribution in [0.25, 0.3) is 0 Å². The molecule has 0 aromatic heterocycles. The first-order valence-corrected chi connectivity index (χ1v) is 8.28. The third-order valence-electron chi connectivity index (χ3n) is 3.97. The van der Waals surface area contributed by atoms with Crippen LogP contribution < -0.4 is 5.32 Å². The summed E-state index contributed by atoms with van der Waals surface area (Å²) in [6.45, 7) is 6.82. The molecule has 0 amide bonds. The van der Waals surface area contributed by atoms with E-state index in [2.05, 4.69) is 5.32 Å². The van der Waals surface area contributed by atoms with Crippen LogP contribution in [0, 0.1) is 11.6 Å². The lowest BCUT2D eigenvalue weighted by Gasteiger charge is -2.30. The van der Waals surface area contributed by atoms with Crippen LogP contribution in [0.15, 0.2) is 40.7 Å². The number of dihydropyridines is 1. The van der Waals surface area contributed by atoms with Gasteiger partial charge >= 0.3 is 11.9 Å². The molecule has 0 atom stereocenters. The number of esters is 2. The second kappa shape index (κ2) is 8.12. The van der Waals surface area contributed by atoms with Gasteiger partial charge in [0.15, 0.2) is 0 Å². The summed E-state index contributed by atoms with van der Waals surface area (Å²) in [7, 11) is 0. The molecule has 0 fully saturated rings. The highest BCUT2D eigenvalue weighted by atomic mass is 19.1. The zero-order valence-electron chi connectivity index (χ0n) is 15.1. The zero-order chi connectivity index (χ0) is 19.4. The standard InChI is InChI=1S/C19H21F2NO4/c1-5-25-18(23)15-10(3)22-11(4)16(19(24)26-6-2)17(15)12-7-13(20)9-14(21)8-12/h7-9,17,22H,5-6H2,1-4H3. The maximum Gasteiger partial charge on any atom is 0.336 e. The number of hydrogen-bond acceptors (Lipinski definition) is 5. The SMILES string of the molecule is CCOC(=O)C1=C(C)NC(C)=C(C(=O)OCC)C1c1cc(F)cc(F)c1. The third kappa shape index (κ3) is 3.92. The molecule has 1 N–H and O–H groups in total. The molecule has 1 aromatic rings. The highest BCUT2D eigenvalue weighted by molar-refractivity contribution is 5.99. The van der Waals surface area contributed by atoms with E-state index < -0.39 is 29.5 Å². The van der Waals surface area contributed by atoms with Gasteiger partial charge in [0, 0.05) is 17.5 Å². The van der Waals surface area contributed by atoms with Crippen molar-refractivity contribution in [3.63, 3.8) is 0 Å². The maximum atomic E-state index is 13.8. The molecule has 1 aliphatic heterocycles. The molecule has 1 aromatic carbocycles. The number of halogens is 2. The largest absolute Gasteiger partial charge is 0.463 e. The predicted octanol–water partition coefficient (Wildman–Crippen LogP) is 3.33. The summed E-state index contributed by atoms with van der Waals surface area (Å²) in [6.07, 6.45) is 0. The van der Waals surface area contributed by atoms with Gasteiger partial charge in [0.25, 0.3) is 0 Å². The number of rotatable bonds is 5. The fraction of sp³-hybridized carbons (Fsp3) is 0.368. The molecule has 0 unspecified atom stereocenters. The molecule has 140 valence electrons. The Labute approximate surface area is 150 Å². The van der Waals surface area contributed by atoms with Crippen LogP contribution in [0.1, 0.15) is 39.2 Å². The van der Waals surface area contributed by atoms with Crippen molar-refractivity contribution in [2.24, 2.45) is 0 Å². The van der Waals surface area contributed by atoms with Gasteiger partial charge in [0.2, 0.25) is 0 Å². The lowest BCUT2D eigenvalue weighted by molar-refractivity contribution is -0.139. The lowest BCUT2D eigenvalue weighted by atomic mass is 9.80. The van der Waals surface area contributed by atoms with Gasteiger partial charge in [-0.2, -0.15) is 0 Å². The Morgan fingerprint density at radius 3 is 1.73 bits per heavy atom. The predicted molar refractivity (Wildman–Crippen MR) is 90.9 cm³/mol. The molecule has 0 aliphatic carbocycles. The third-order valence-corrected chi connectivity index (χ3v) is 3.97. The lowest BCUT2D eigenvalue weighted by Crippen LogP contribution is -2.32. The first-order valence-electron chi connectivity index (χ1n) is 8.28. The number of nitrogens with one attached hydrogen (secondary N) is 1. The van der Waals surface area contributed by atoms with Crippen molar-refractivity contribution in [1.29, 1.82) is 0 Å². The second-order valence-corrected chi connectivity index (χ2v) is 5.78. The molecule has 2 rings (SSSR count). The summed E-state index contributed by atoms with van der Waals surface area (Å²) in [4.78, 5) is 25.0.